The largest absolute Gasteiger partial charge is 0.462 e. The molecule has 8 heteroatoms. The van der Waals surface area contributed by atoms with E-state index in [1.165, 1.54) is 10.6 Å². The van der Waals surface area contributed by atoms with Crippen LogP contribution in [0.3, 0.4) is 0 Å². The first kappa shape index (κ1) is 11.9. The summed E-state index contributed by atoms with van der Waals surface area (Å²) < 4.78 is 42.9. The first-order valence-corrected chi connectivity index (χ1v) is 5.46. The summed E-state index contributed by atoms with van der Waals surface area (Å²) in [7, 11) is 0. The van der Waals surface area contributed by atoms with E-state index in [0.29, 0.717) is 0 Å². The summed E-state index contributed by atoms with van der Waals surface area (Å²) in [5.74, 6) is -0.559. The van der Waals surface area contributed by atoms with Crippen molar-refractivity contribution >= 4 is 22.3 Å². The third-order valence-electron chi connectivity index (χ3n) is 1.92. The summed E-state index contributed by atoms with van der Waals surface area (Å²) in [5, 5.41) is 0. The number of nitrogens with zero attached hydrogens (tertiary/aromatic N) is 2. The Balaban J connectivity index is 2.35. The minimum atomic E-state index is -4.48. The van der Waals surface area contributed by atoms with Crippen LogP contribution in [0.4, 0.5) is 13.2 Å². The first-order chi connectivity index (χ1) is 7.91. The fourth-order valence-electron chi connectivity index (χ4n) is 1.23. The molecule has 0 fully saturated rings. The van der Waals surface area contributed by atoms with Crippen molar-refractivity contribution in [1.29, 1.82) is 0 Å². The number of aromatic nitrogens is 2. The number of imidazole rings is 1. The highest BCUT2D eigenvalue weighted by Gasteiger charge is 2.34. The molecule has 2 aromatic rings. The van der Waals surface area contributed by atoms with Crippen molar-refractivity contribution in [2.24, 2.45) is 0 Å². The SMILES string of the molecule is CCOC(=O)c1cn2cc(C(F)(F)F)nc2s1. The van der Waals surface area contributed by atoms with Crippen LogP contribution in [0.2, 0.25) is 0 Å². The fourth-order valence-corrected chi connectivity index (χ4v) is 2.09. The summed E-state index contributed by atoms with van der Waals surface area (Å²) in [6.07, 6.45) is -2.36. The highest BCUT2D eigenvalue weighted by Crippen LogP contribution is 2.30. The second-order valence-electron chi connectivity index (χ2n) is 3.13. The maximum Gasteiger partial charge on any atom is 0.434 e. The Morgan fingerprint density at radius 2 is 2.24 bits per heavy atom. The number of thiazole rings is 1. The van der Waals surface area contributed by atoms with Gasteiger partial charge in [-0.25, -0.2) is 9.78 Å². The van der Waals surface area contributed by atoms with Crippen LogP contribution < -0.4 is 0 Å². The van der Waals surface area contributed by atoms with E-state index in [9.17, 15) is 18.0 Å². The van der Waals surface area contributed by atoms with E-state index in [1.54, 1.807) is 6.92 Å². The number of hydrogen-bond acceptors (Lipinski definition) is 4. The maximum atomic E-state index is 12.3. The number of carbonyl (C=O) groups is 1. The van der Waals surface area contributed by atoms with Crippen molar-refractivity contribution in [3.63, 3.8) is 0 Å². The van der Waals surface area contributed by atoms with Gasteiger partial charge in [-0.3, -0.25) is 4.40 Å². The van der Waals surface area contributed by atoms with E-state index in [0.717, 1.165) is 17.5 Å². The number of carbonyl (C=O) groups excluding carboxylic acids is 1. The number of hydrogen-bond donors (Lipinski definition) is 0. The molecule has 0 aliphatic heterocycles. The van der Waals surface area contributed by atoms with Crippen LogP contribution in [0.15, 0.2) is 12.4 Å². The Bertz CT molecular complexity index is 527. The highest BCUT2D eigenvalue weighted by molar-refractivity contribution is 7.18. The predicted molar refractivity (Wildman–Crippen MR) is 54.0 cm³/mol. The molecule has 2 aromatic heterocycles. The quantitative estimate of drug-likeness (QED) is 0.783. The number of ether oxygens (including phenoxy) is 1. The smallest absolute Gasteiger partial charge is 0.434 e. The van der Waals surface area contributed by atoms with E-state index in [-0.39, 0.29) is 16.4 Å². The predicted octanol–water partition coefficient (Wildman–Crippen LogP) is 2.59. The lowest BCUT2D eigenvalue weighted by molar-refractivity contribution is -0.140. The Hall–Kier alpha value is -1.57. The van der Waals surface area contributed by atoms with Crippen LogP contribution in [-0.4, -0.2) is 22.0 Å². The summed E-state index contributed by atoms with van der Waals surface area (Å²) in [4.78, 5) is 15.1. The molecule has 0 amide bonds. The van der Waals surface area contributed by atoms with Crippen LogP contribution in [-0.2, 0) is 10.9 Å². The van der Waals surface area contributed by atoms with E-state index in [4.69, 9.17) is 4.74 Å². The van der Waals surface area contributed by atoms with Gasteiger partial charge in [-0.05, 0) is 6.92 Å². The molecule has 0 saturated carbocycles. The van der Waals surface area contributed by atoms with E-state index in [2.05, 4.69) is 4.98 Å². The second-order valence-corrected chi connectivity index (χ2v) is 4.14. The molecule has 2 rings (SSSR count). The van der Waals surface area contributed by atoms with Gasteiger partial charge in [-0.2, -0.15) is 13.2 Å². The number of esters is 1. The van der Waals surface area contributed by atoms with Gasteiger partial charge in [0.25, 0.3) is 0 Å². The topological polar surface area (TPSA) is 43.6 Å². The molecule has 0 atom stereocenters. The van der Waals surface area contributed by atoms with Crippen LogP contribution in [0.1, 0.15) is 22.3 Å². The number of halogens is 3. The van der Waals surface area contributed by atoms with Gasteiger partial charge < -0.3 is 4.74 Å². The first-order valence-electron chi connectivity index (χ1n) is 4.64. The summed E-state index contributed by atoms with van der Waals surface area (Å²) in [6, 6.07) is 0. The molecule has 0 saturated heterocycles. The Labute approximate surface area is 97.6 Å². The molecule has 0 radical (unpaired) electrons. The lowest BCUT2D eigenvalue weighted by Crippen LogP contribution is -2.05. The van der Waals surface area contributed by atoms with Crippen molar-refractivity contribution in [1.82, 2.24) is 9.38 Å². The third-order valence-corrected chi connectivity index (χ3v) is 2.90. The van der Waals surface area contributed by atoms with Crippen molar-refractivity contribution in [2.75, 3.05) is 6.61 Å². The third kappa shape index (κ3) is 2.26. The van der Waals surface area contributed by atoms with Gasteiger partial charge in [0.05, 0.1) is 6.61 Å². The second kappa shape index (κ2) is 4.02. The van der Waals surface area contributed by atoms with Gasteiger partial charge >= 0.3 is 12.1 Å². The molecule has 0 aromatic carbocycles. The summed E-state index contributed by atoms with van der Waals surface area (Å²) >= 11 is 0.860. The highest BCUT2D eigenvalue weighted by atomic mass is 32.1. The zero-order valence-corrected chi connectivity index (χ0v) is 9.43. The standard InChI is InChI=1S/C9H7F3N2O2S/c1-2-16-7(15)5-3-14-4-6(9(10,11)12)13-8(14)17-5/h3-4H,2H2,1H3. The van der Waals surface area contributed by atoms with Crippen molar-refractivity contribution in [3.8, 4) is 0 Å². The summed E-state index contributed by atoms with van der Waals surface area (Å²) in [6.45, 7) is 1.87. The van der Waals surface area contributed by atoms with Crippen LogP contribution in [0.5, 0.6) is 0 Å². The van der Waals surface area contributed by atoms with Gasteiger partial charge in [-0.1, -0.05) is 11.3 Å². The number of alkyl halides is 3. The zero-order chi connectivity index (χ0) is 12.6. The van der Waals surface area contributed by atoms with E-state index < -0.39 is 17.8 Å². The molecular weight excluding hydrogens is 257 g/mol. The fraction of sp³-hybridized carbons (Fsp3) is 0.333. The van der Waals surface area contributed by atoms with Crippen molar-refractivity contribution < 1.29 is 22.7 Å². The molecule has 0 spiro atoms. The molecule has 92 valence electrons. The lowest BCUT2D eigenvalue weighted by atomic mass is 10.5. The molecule has 0 aliphatic rings. The molecule has 2 heterocycles. The Morgan fingerprint density at radius 1 is 1.53 bits per heavy atom. The molecule has 0 bridgehead atoms. The molecule has 0 unspecified atom stereocenters. The van der Waals surface area contributed by atoms with Gasteiger partial charge in [0.2, 0.25) is 0 Å². The molecule has 0 N–H and O–H groups in total. The zero-order valence-electron chi connectivity index (χ0n) is 8.61. The number of rotatable bonds is 2. The molecular formula is C9H7F3N2O2S. The Morgan fingerprint density at radius 3 is 2.76 bits per heavy atom. The van der Waals surface area contributed by atoms with Gasteiger partial charge in [0.15, 0.2) is 10.7 Å². The Kier molecular flexibility index (Phi) is 2.82. The molecule has 4 nitrogen and oxygen atoms in total. The number of fused-ring (bicyclic) bond motifs is 1. The minimum absolute atomic E-state index is 0.111. The van der Waals surface area contributed by atoms with E-state index >= 15 is 0 Å². The summed E-state index contributed by atoms with van der Waals surface area (Å²) in [5.41, 5.74) is -0.973. The van der Waals surface area contributed by atoms with E-state index in [1.807, 2.05) is 0 Å². The van der Waals surface area contributed by atoms with Gasteiger partial charge in [0.1, 0.15) is 4.88 Å². The molecule has 17 heavy (non-hydrogen) atoms. The minimum Gasteiger partial charge on any atom is -0.462 e. The van der Waals surface area contributed by atoms with Crippen LogP contribution in [0.25, 0.3) is 4.96 Å². The molecule has 0 aliphatic carbocycles. The van der Waals surface area contributed by atoms with Gasteiger partial charge in [-0.15, -0.1) is 0 Å². The van der Waals surface area contributed by atoms with Gasteiger partial charge in [0, 0.05) is 12.4 Å². The van der Waals surface area contributed by atoms with Crippen LogP contribution in [0, 0.1) is 0 Å². The average Bonchev–Trinajstić information content (AvgIpc) is 2.72. The van der Waals surface area contributed by atoms with Crippen molar-refractivity contribution in [3.05, 3.63) is 23.0 Å². The normalized spacial score (nSPS) is 12.0. The van der Waals surface area contributed by atoms with Crippen LogP contribution >= 0.6 is 11.3 Å². The lowest BCUT2D eigenvalue weighted by Gasteiger charge is -1.99. The monoisotopic (exact) mass is 264 g/mol. The average molecular weight is 264 g/mol. The maximum absolute atomic E-state index is 12.3. The van der Waals surface area contributed by atoms with Crippen molar-refractivity contribution in [2.45, 2.75) is 13.1 Å².